The van der Waals surface area contributed by atoms with Crippen LogP contribution in [0.1, 0.15) is 17.7 Å². The molecule has 0 bridgehead atoms. The van der Waals surface area contributed by atoms with Crippen molar-refractivity contribution in [3.05, 3.63) is 21.3 Å². The van der Waals surface area contributed by atoms with Crippen molar-refractivity contribution in [1.29, 1.82) is 0 Å². The van der Waals surface area contributed by atoms with Gasteiger partial charge in [-0.05, 0) is 30.7 Å². The molecule has 1 saturated heterocycles. The predicted octanol–water partition coefficient (Wildman–Crippen LogP) is 2.32. The highest BCUT2D eigenvalue weighted by molar-refractivity contribution is 7.99. The molecule has 2 N–H and O–H groups in total. The summed E-state index contributed by atoms with van der Waals surface area (Å²) in [5.41, 5.74) is -0.702. The zero-order chi connectivity index (χ0) is 13.0. The molecule has 0 spiro atoms. The van der Waals surface area contributed by atoms with E-state index in [1.54, 1.807) is 11.8 Å². The molecular weight excluding hydrogens is 290 g/mol. The largest absolute Gasteiger partial charge is 0.387 e. The van der Waals surface area contributed by atoms with Gasteiger partial charge in [-0.1, -0.05) is 11.6 Å². The number of thioether (sulfide) groups is 1. The van der Waals surface area contributed by atoms with Crippen LogP contribution in [0.4, 0.5) is 0 Å². The molecule has 18 heavy (non-hydrogen) atoms. The van der Waals surface area contributed by atoms with Crippen LogP contribution in [-0.2, 0) is 11.2 Å². The topological polar surface area (TPSA) is 49.3 Å². The Hall–Kier alpha value is -0.230. The normalized spacial score (nSPS) is 23.2. The first-order valence-electron chi connectivity index (χ1n) is 5.88. The van der Waals surface area contributed by atoms with Crippen molar-refractivity contribution in [1.82, 2.24) is 5.32 Å². The second kappa shape index (κ2) is 6.28. The first-order valence-corrected chi connectivity index (χ1v) is 8.23. The highest BCUT2D eigenvalue weighted by Gasteiger charge is 2.31. The first-order chi connectivity index (χ1) is 8.57. The predicted molar refractivity (Wildman–Crippen MR) is 77.6 cm³/mol. The van der Waals surface area contributed by atoms with E-state index in [9.17, 15) is 9.90 Å². The zero-order valence-corrected chi connectivity index (χ0v) is 12.3. The lowest BCUT2D eigenvalue weighted by Crippen LogP contribution is -2.42. The minimum atomic E-state index is -0.702. The average molecular weight is 306 g/mol. The van der Waals surface area contributed by atoms with Crippen LogP contribution in [0, 0.1) is 0 Å². The van der Waals surface area contributed by atoms with Gasteiger partial charge < -0.3 is 10.4 Å². The molecule has 1 unspecified atom stereocenters. The van der Waals surface area contributed by atoms with Crippen molar-refractivity contribution in [2.75, 3.05) is 18.1 Å². The van der Waals surface area contributed by atoms with Gasteiger partial charge in [0.05, 0.1) is 9.94 Å². The van der Waals surface area contributed by atoms with Crippen molar-refractivity contribution >= 4 is 40.6 Å². The molecule has 1 aromatic heterocycles. The van der Waals surface area contributed by atoms with Gasteiger partial charge in [0.1, 0.15) is 0 Å². The van der Waals surface area contributed by atoms with E-state index in [4.69, 9.17) is 11.6 Å². The summed E-state index contributed by atoms with van der Waals surface area (Å²) in [7, 11) is 0. The van der Waals surface area contributed by atoms with E-state index >= 15 is 0 Å². The second-order valence-electron chi connectivity index (χ2n) is 4.51. The van der Waals surface area contributed by atoms with Crippen LogP contribution in [-0.4, -0.2) is 34.7 Å². The van der Waals surface area contributed by atoms with Gasteiger partial charge >= 0.3 is 0 Å². The standard InChI is InChI=1S/C12H16ClNO2S2/c13-10-3-1-9(18-10)2-4-11(15)14-7-12(16)5-6-17-8-12/h1,3,16H,2,4-8H2,(H,14,15). The molecule has 0 saturated carbocycles. The van der Waals surface area contributed by atoms with Gasteiger partial charge in [-0.2, -0.15) is 11.8 Å². The van der Waals surface area contributed by atoms with E-state index in [0.29, 0.717) is 25.1 Å². The van der Waals surface area contributed by atoms with Gasteiger partial charge in [0.2, 0.25) is 5.91 Å². The summed E-state index contributed by atoms with van der Waals surface area (Å²) in [6.45, 7) is 0.365. The fraction of sp³-hybridized carbons (Fsp3) is 0.583. The number of thiophene rings is 1. The van der Waals surface area contributed by atoms with E-state index < -0.39 is 5.60 Å². The fourth-order valence-electron chi connectivity index (χ4n) is 1.81. The molecule has 2 rings (SSSR count). The number of aliphatic hydroxyl groups is 1. The Balaban J connectivity index is 1.69. The maximum absolute atomic E-state index is 11.7. The molecule has 1 atom stereocenters. The summed E-state index contributed by atoms with van der Waals surface area (Å²) in [6.07, 6.45) is 1.91. The minimum Gasteiger partial charge on any atom is -0.387 e. The number of aryl methyl sites for hydroxylation is 1. The lowest BCUT2D eigenvalue weighted by Gasteiger charge is -2.21. The van der Waals surface area contributed by atoms with E-state index in [2.05, 4.69) is 5.32 Å². The Morgan fingerprint density at radius 3 is 3.00 bits per heavy atom. The third-order valence-corrected chi connectivity index (χ3v) is 5.45. The van der Waals surface area contributed by atoms with Gasteiger partial charge in [0.15, 0.2) is 0 Å². The SMILES string of the molecule is O=C(CCc1ccc(Cl)s1)NCC1(O)CCSC1. The lowest BCUT2D eigenvalue weighted by molar-refractivity contribution is -0.122. The number of carbonyl (C=O) groups excluding carboxylic acids is 1. The Kier molecular flexibility index (Phi) is 4.95. The monoisotopic (exact) mass is 305 g/mol. The molecule has 1 fully saturated rings. The number of hydrogen-bond donors (Lipinski definition) is 2. The Morgan fingerprint density at radius 1 is 1.56 bits per heavy atom. The van der Waals surface area contributed by atoms with E-state index in [0.717, 1.165) is 21.4 Å². The average Bonchev–Trinajstić information content (AvgIpc) is 2.94. The molecule has 1 aromatic rings. The molecule has 0 aliphatic carbocycles. The van der Waals surface area contributed by atoms with Gasteiger partial charge in [0, 0.05) is 23.6 Å². The number of carbonyl (C=O) groups is 1. The summed E-state index contributed by atoms with van der Waals surface area (Å²) in [6, 6.07) is 3.79. The number of nitrogens with one attached hydrogen (secondary N) is 1. The van der Waals surface area contributed by atoms with Crippen LogP contribution in [0.5, 0.6) is 0 Å². The summed E-state index contributed by atoms with van der Waals surface area (Å²) in [4.78, 5) is 12.8. The van der Waals surface area contributed by atoms with Gasteiger partial charge in [-0.25, -0.2) is 0 Å². The quantitative estimate of drug-likeness (QED) is 0.878. The summed E-state index contributed by atoms with van der Waals surface area (Å²) < 4.78 is 0.752. The molecule has 100 valence electrons. The van der Waals surface area contributed by atoms with Crippen LogP contribution in [0.25, 0.3) is 0 Å². The van der Waals surface area contributed by atoms with Crippen LogP contribution in [0.15, 0.2) is 12.1 Å². The van der Waals surface area contributed by atoms with Crippen LogP contribution >= 0.6 is 34.7 Å². The van der Waals surface area contributed by atoms with Gasteiger partial charge in [-0.15, -0.1) is 11.3 Å². The molecule has 0 radical (unpaired) electrons. The van der Waals surface area contributed by atoms with Crippen molar-refractivity contribution < 1.29 is 9.90 Å². The van der Waals surface area contributed by atoms with Crippen LogP contribution < -0.4 is 5.32 Å². The number of halogens is 1. The summed E-state index contributed by atoms with van der Waals surface area (Å²) in [5.74, 6) is 1.68. The van der Waals surface area contributed by atoms with Crippen molar-refractivity contribution in [3.63, 3.8) is 0 Å². The Morgan fingerprint density at radius 2 is 2.39 bits per heavy atom. The van der Waals surface area contributed by atoms with Gasteiger partial charge in [-0.3, -0.25) is 4.79 Å². The molecule has 3 nitrogen and oxygen atoms in total. The first kappa shape index (κ1) is 14.2. The molecule has 6 heteroatoms. The third kappa shape index (κ3) is 4.16. The highest BCUT2D eigenvalue weighted by atomic mass is 35.5. The van der Waals surface area contributed by atoms with Crippen LogP contribution in [0.2, 0.25) is 4.34 Å². The fourth-order valence-corrected chi connectivity index (χ4v) is 4.19. The second-order valence-corrected chi connectivity index (χ2v) is 7.41. The number of rotatable bonds is 5. The van der Waals surface area contributed by atoms with Crippen molar-refractivity contribution in [3.8, 4) is 0 Å². The van der Waals surface area contributed by atoms with E-state index in [-0.39, 0.29) is 5.91 Å². The molecule has 1 aliphatic rings. The Labute approximate surface area is 120 Å². The van der Waals surface area contributed by atoms with Crippen molar-refractivity contribution in [2.45, 2.75) is 24.9 Å². The maximum atomic E-state index is 11.7. The highest BCUT2D eigenvalue weighted by Crippen LogP contribution is 2.27. The van der Waals surface area contributed by atoms with Crippen LogP contribution in [0.3, 0.4) is 0 Å². The number of amides is 1. The molecule has 1 aliphatic heterocycles. The smallest absolute Gasteiger partial charge is 0.220 e. The van der Waals surface area contributed by atoms with Crippen molar-refractivity contribution in [2.24, 2.45) is 0 Å². The molecule has 1 amide bonds. The minimum absolute atomic E-state index is 0.00940. The molecular formula is C12H16ClNO2S2. The lowest BCUT2D eigenvalue weighted by atomic mass is 10.0. The molecule has 0 aromatic carbocycles. The summed E-state index contributed by atoms with van der Waals surface area (Å²) in [5, 5.41) is 12.9. The van der Waals surface area contributed by atoms with E-state index in [1.165, 1.54) is 11.3 Å². The summed E-state index contributed by atoms with van der Waals surface area (Å²) >= 11 is 9.06. The maximum Gasteiger partial charge on any atom is 0.220 e. The zero-order valence-electron chi connectivity index (χ0n) is 9.95. The third-order valence-electron chi connectivity index (χ3n) is 2.92. The number of hydrogen-bond acceptors (Lipinski definition) is 4. The van der Waals surface area contributed by atoms with E-state index in [1.807, 2.05) is 12.1 Å². The van der Waals surface area contributed by atoms with Gasteiger partial charge in [0.25, 0.3) is 0 Å². The Bertz CT molecular complexity index is 416. The molecule has 2 heterocycles.